The highest BCUT2D eigenvalue weighted by molar-refractivity contribution is 5.77. The quantitative estimate of drug-likeness (QED) is 0.684. The van der Waals surface area contributed by atoms with Crippen LogP contribution in [0, 0.1) is 5.82 Å². The summed E-state index contributed by atoms with van der Waals surface area (Å²) in [6.07, 6.45) is 0.190. The lowest BCUT2D eigenvalue weighted by Crippen LogP contribution is -2.28. The van der Waals surface area contributed by atoms with Crippen molar-refractivity contribution in [3.05, 3.63) is 59.4 Å². The average Bonchev–Trinajstić information content (AvgIpc) is 3.34. The van der Waals surface area contributed by atoms with Crippen molar-refractivity contribution in [2.75, 3.05) is 6.54 Å². The minimum atomic E-state index is -4.39. The van der Waals surface area contributed by atoms with Crippen LogP contribution in [0.25, 0.3) is 11.0 Å². The number of nitrogens with zero attached hydrogens (tertiary/aromatic N) is 3. The molecule has 0 aliphatic heterocycles. The Morgan fingerprint density at radius 1 is 1.22 bits per heavy atom. The summed E-state index contributed by atoms with van der Waals surface area (Å²) in [4.78, 5) is 8.12. The maximum Gasteiger partial charge on any atom is 0.416 e. The number of hydrogen-bond donors (Lipinski definition) is 1. The lowest BCUT2D eigenvalue weighted by Gasteiger charge is -2.17. The Morgan fingerprint density at radius 3 is 2.67 bits per heavy atom. The highest BCUT2D eigenvalue weighted by Crippen LogP contribution is 2.48. The number of fused-ring (bicyclic) bond motifs is 1. The standard InChI is InChI=1S/C19H18F4N4/c1-27-16-3-2-12(19(21,22)23)8-15(16)26-17(27)10-25-11-18(5-6-18)13-4-7-24-9-14(13)20/h2-4,7-9,25H,5-6,10-11H2,1H3. The van der Waals surface area contributed by atoms with Gasteiger partial charge in [-0.1, -0.05) is 0 Å². The summed E-state index contributed by atoms with van der Waals surface area (Å²) in [6, 6.07) is 5.27. The minimum Gasteiger partial charge on any atom is -0.330 e. The molecule has 1 aliphatic carbocycles. The second kappa shape index (κ2) is 6.30. The molecule has 27 heavy (non-hydrogen) atoms. The molecule has 4 nitrogen and oxygen atoms in total. The molecule has 1 saturated carbocycles. The van der Waals surface area contributed by atoms with Crippen molar-refractivity contribution >= 4 is 11.0 Å². The van der Waals surface area contributed by atoms with Gasteiger partial charge >= 0.3 is 6.18 Å². The van der Waals surface area contributed by atoms with Crippen LogP contribution in [0.15, 0.2) is 36.7 Å². The monoisotopic (exact) mass is 378 g/mol. The Hall–Kier alpha value is -2.48. The summed E-state index contributed by atoms with van der Waals surface area (Å²) in [7, 11) is 1.77. The molecule has 0 bridgehead atoms. The van der Waals surface area contributed by atoms with Gasteiger partial charge < -0.3 is 9.88 Å². The molecule has 0 radical (unpaired) electrons. The molecule has 2 heterocycles. The molecule has 0 spiro atoms. The van der Waals surface area contributed by atoms with Crippen LogP contribution in [0.2, 0.25) is 0 Å². The van der Waals surface area contributed by atoms with E-state index < -0.39 is 11.7 Å². The number of pyridine rings is 1. The predicted octanol–water partition coefficient (Wildman–Crippen LogP) is 3.95. The topological polar surface area (TPSA) is 42.7 Å². The molecule has 0 amide bonds. The number of halogens is 4. The van der Waals surface area contributed by atoms with Gasteiger partial charge in [-0.3, -0.25) is 4.98 Å². The van der Waals surface area contributed by atoms with E-state index in [2.05, 4.69) is 15.3 Å². The summed E-state index contributed by atoms with van der Waals surface area (Å²) in [6.45, 7) is 0.964. The number of imidazole rings is 1. The van der Waals surface area contributed by atoms with Crippen LogP contribution >= 0.6 is 0 Å². The number of rotatable bonds is 5. The van der Waals surface area contributed by atoms with Crippen molar-refractivity contribution in [2.24, 2.45) is 7.05 Å². The fraction of sp³-hybridized carbons (Fsp3) is 0.368. The number of hydrogen-bond acceptors (Lipinski definition) is 3. The fourth-order valence-electron chi connectivity index (χ4n) is 3.50. The van der Waals surface area contributed by atoms with Crippen LogP contribution in [-0.4, -0.2) is 21.1 Å². The Kier molecular flexibility index (Phi) is 4.18. The molecule has 2 aromatic heterocycles. The third kappa shape index (κ3) is 3.29. The van der Waals surface area contributed by atoms with Gasteiger partial charge in [-0.2, -0.15) is 13.2 Å². The summed E-state index contributed by atoms with van der Waals surface area (Å²) < 4.78 is 54.4. The second-order valence-corrected chi connectivity index (χ2v) is 7.03. The molecule has 1 aromatic carbocycles. The van der Waals surface area contributed by atoms with Gasteiger partial charge in [-0.15, -0.1) is 0 Å². The SMILES string of the molecule is Cn1c(CNCC2(c3ccncc3F)CC2)nc2cc(C(F)(F)F)ccc21. The Bertz CT molecular complexity index is 989. The van der Waals surface area contributed by atoms with Crippen molar-refractivity contribution in [1.82, 2.24) is 19.9 Å². The van der Waals surface area contributed by atoms with E-state index in [0.29, 0.717) is 35.5 Å². The zero-order valence-corrected chi connectivity index (χ0v) is 14.6. The molecule has 0 atom stereocenters. The lowest BCUT2D eigenvalue weighted by atomic mass is 9.96. The van der Waals surface area contributed by atoms with Gasteiger partial charge in [-0.25, -0.2) is 9.37 Å². The largest absolute Gasteiger partial charge is 0.416 e. The summed E-state index contributed by atoms with van der Waals surface area (Å²) in [5.41, 5.74) is 0.662. The molecule has 4 rings (SSSR count). The van der Waals surface area contributed by atoms with Crippen LogP contribution in [0.5, 0.6) is 0 Å². The van der Waals surface area contributed by atoms with E-state index in [1.807, 2.05) is 0 Å². The molecule has 3 aromatic rings. The van der Waals surface area contributed by atoms with E-state index in [1.165, 1.54) is 12.3 Å². The van der Waals surface area contributed by atoms with Gasteiger partial charge in [0.05, 0.1) is 29.3 Å². The van der Waals surface area contributed by atoms with Crippen LogP contribution in [-0.2, 0) is 25.2 Å². The lowest BCUT2D eigenvalue weighted by molar-refractivity contribution is -0.137. The van der Waals surface area contributed by atoms with Crippen LogP contribution in [0.4, 0.5) is 17.6 Å². The van der Waals surface area contributed by atoms with Gasteiger partial charge in [0.25, 0.3) is 0 Å². The molecule has 1 fully saturated rings. The van der Waals surface area contributed by atoms with E-state index in [-0.39, 0.29) is 11.2 Å². The maximum atomic E-state index is 14.0. The zero-order valence-electron chi connectivity index (χ0n) is 14.6. The highest BCUT2D eigenvalue weighted by Gasteiger charge is 2.45. The van der Waals surface area contributed by atoms with Crippen LogP contribution < -0.4 is 5.32 Å². The minimum absolute atomic E-state index is 0.235. The number of alkyl halides is 3. The van der Waals surface area contributed by atoms with E-state index in [1.54, 1.807) is 23.9 Å². The number of nitrogens with one attached hydrogen (secondary N) is 1. The predicted molar refractivity (Wildman–Crippen MR) is 92.5 cm³/mol. The second-order valence-electron chi connectivity index (χ2n) is 7.03. The van der Waals surface area contributed by atoms with Crippen molar-refractivity contribution < 1.29 is 17.6 Å². The average molecular weight is 378 g/mol. The van der Waals surface area contributed by atoms with Crippen molar-refractivity contribution in [1.29, 1.82) is 0 Å². The molecule has 0 saturated heterocycles. The van der Waals surface area contributed by atoms with Gasteiger partial charge in [0.2, 0.25) is 0 Å². The summed E-state index contributed by atoms with van der Waals surface area (Å²) in [5, 5.41) is 3.28. The molecule has 8 heteroatoms. The van der Waals surface area contributed by atoms with E-state index in [0.717, 1.165) is 25.0 Å². The first-order valence-corrected chi connectivity index (χ1v) is 8.63. The van der Waals surface area contributed by atoms with Gasteiger partial charge in [0, 0.05) is 25.2 Å². The fourth-order valence-corrected chi connectivity index (χ4v) is 3.50. The van der Waals surface area contributed by atoms with Crippen molar-refractivity contribution in [2.45, 2.75) is 31.0 Å². The zero-order chi connectivity index (χ0) is 19.2. The summed E-state index contributed by atoms with van der Waals surface area (Å²) in [5.74, 6) is 0.328. The third-order valence-corrected chi connectivity index (χ3v) is 5.24. The van der Waals surface area contributed by atoms with E-state index in [4.69, 9.17) is 0 Å². The smallest absolute Gasteiger partial charge is 0.330 e. The molecule has 0 unspecified atom stereocenters. The summed E-state index contributed by atoms with van der Waals surface area (Å²) >= 11 is 0. The maximum absolute atomic E-state index is 14.0. The number of aromatic nitrogens is 3. The normalized spacial score (nSPS) is 16.0. The van der Waals surface area contributed by atoms with Crippen molar-refractivity contribution in [3.8, 4) is 0 Å². The van der Waals surface area contributed by atoms with Crippen LogP contribution in [0.1, 0.15) is 29.8 Å². The third-order valence-electron chi connectivity index (χ3n) is 5.24. The highest BCUT2D eigenvalue weighted by atomic mass is 19.4. The van der Waals surface area contributed by atoms with Gasteiger partial charge in [0.1, 0.15) is 11.6 Å². The van der Waals surface area contributed by atoms with E-state index in [9.17, 15) is 17.6 Å². The number of aryl methyl sites for hydroxylation is 1. The first kappa shape index (κ1) is 17.9. The first-order chi connectivity index (χ1) is 12.8. The van der Waals surface area contributed by atoms with Crippen molar-refractivity contribution in [3.63, 3.8) is 0 Å². The molecular weight excluding hydrogens is 360 g/mol. The van der Waals surface area contributed by atoms with Gasteiger partial charge in [-0.05, 0) is 42.7 Å². The molecular formula is C19H18F4N4. The molecule has 142 valence electrons. The van der Waals surface area contributed by atoms with Gasteiger partial charge in [0.15, 0.2) is 0 Å². The first-order valence-electron chi connectivity index (χ1n) is 8.63. The Morgan fingerprint density at radius 2 is 2.00 bits per heavy atom. The molecule has 1 aliphatic rings. The molecule has 1 N–H and O–H groups in total. The number of benzene rings is 1. The van der Waals surface area contributed by atoms with E-state index >= 15 is 0 Å². The Labute approximate surface area is 153 Å². The van der Waals surface area contributed by atoms with Crippen LogP contribution in [0.3, 0.4) is 0 Å². The Balaban J connectivity index is 1.50.